The molecule has 0 atom stereocenters. The Kier molecular flexibility index (Phi) is 3.16. The molecule has 0 spiro atoms. The standard InChI is InChI=1S/C15H13N3O2/c1-11-6-8-12(9-7-11)10-20-15(19)18-14-5-3-2-4-13(14)16-17-18/h2-9H,10H2,1H3. The summed E-state index contributed by atoms with van der Waals surface area (Å²) >= 11 is 0. The highest BCUT2D eigenvalue weighted by atomic mass is 16.6. The van der Waals surface area contributed by atoms with E-state index in [2.05, 4.69) is 10.3 Å². The monoisotopic (exact) mass is 267 g/mol. The zero-order valence-electron chi connectivity index (χ0n) is 11.0. The number of rotatable bonds is 2. The second-order valence-electron chi connectivity index (χ2n) is 4.53. The van der Waals surface area contributed by atoms with Crippen molar-refractivity contribution in [2.45, 2.75) is 13.5 Å². The van der Waals surface area contributed by atoms with Gasteiger partial charge < -0.3 is 4.74 Å². The Morgan fingerprint density at radius 2 is 1.90 bits per heavy atom. The van der Waals surface area contributed by atoms with Crippen LogP contribution in [0.4, 0.5) is 4.79 Å². The van der Waals surface area contributed by atoms with E-state index in [1.165, 1.54) is 10.2 Å². The number of fused-ring (bicyclic) bond motifs is 1. The van der Waals surface area contributed by atoms with Crippen molar-refractivity contribution in [3.8, 4) is 0 Å². The lowest BCUT2D eigenvalue weighted by Gasteiger charge is -2.05. The van der Waals surface area contributed by atoms with E-state index in [1.807, 2.05) is 43.3 Å². The maximum Gasteiger partial charge on any atom is 0.437 e. The molecule has 0 N–H and O–H groups in total. The van der Waals surface area contributed by atoms with Crippen LogP contribution in [0.25, 0.3) is 11.0 Å². The first-order valence-electron chi connectivity index (χ1n) is 6.27. The number of benzene rings is 2. The molecule has 0 aliphatic rings. The highest BCUT2D eigenvalue weighted by molar-refractivity contribution is 5.84. The van der Waals surface area contributed by atoms with Gasteiger partial charge in [0.05, 0.1) is 0 Å². The minimum absolute atomic E-state index is 0.216. The molecule has 100 valence electrons. The summed E-state index contributed by atoms with van der Waals surface area (Å²) in [6, 6.07) is 15.1. The fraction of sp³-hybridized carbons (Fsp3) is 0.133. The highest BCUT2D eigenvalue weighted by Gasteiger charge is 2.12. The number of hydrogen-bond acceptors (Lipinski definition) is 4. The van der Waals surface area contributed by atoms with Gasteiger partial charge in [-0.15, -0.1) is 9.78 Å². The van der Waals surface area contributed by atoms with Gasteiger partial charge in [0.25, 0.3) is 0 Å². The van der Waals surface area contributed by atoms with E-state index in [4.69, 9.17) is 4.74 Å². The van der Waals surface area contributed by atoms with E-state index in [0.717, 1.165) is 5.56 Å². The van der Waals surface area contributed by atoms with Crippen molar-refractivity contribution >= 4 is 17.1 Å². The minimum atomic E-state index is -0.528. The first-order chi connectivity index (χ1) is 9.74. The molecule has 0 saturated carbocycles. The van der Waals surface area contributed by atoms with Gasteiger partial charge in [0, 0.05) is 0 Å². The average Bonchev–Trinajstić information content (AvgIpc) is 2.90. The Morgan fingerprint density at radius 3 is 2.70 bits per heavy atom. The summed E-state index contributed by atoms with van der Waals surface area (Å²) in [5, 5.41) is 7.73. The Hall–Kier alpha value is -2.69. The minimum Gasteiger partial charge on any atom is -0.443 e. The Bertz CT molecular complexity index is 747. The molecule has 1 aromatic heterocycles. The largest absolute Gasteiger partial charge is 0.443 e. The van der Waals surface area contributed by atoms with Crippen LogP contribution >= 0.6 is 0 Å². The molecule has 3 rings (SSSR count). The molecule has 2 aromatic carbocycles. The predicted octanol–water partition coefficient (Wildman–Crippen LogP) is 2.92. The van der Waals surface area contributed by atoms with Crippen molar-refractivity contribution in [3.05, 3.63) is 59.7 Å². The summed E-state index contributed by atoms with van der Waals surface area (Å²) in [6.07, 6.45) is -0.528. The number of ether oxygens (including phenoxy) is 1. The van der Waals surface area contributed by atoms with Gasteiger partial charge in [-0.2, -0.15) is 0 Å². The molecule has 0 saturated heterocycles. The molecule has 0 aliphatic carbocycles. The van der Waals surface area contributed by atoms with Crippen molar-refractivity contribution in [1.82, 2.24) is 15.0 Å². The van der Waals surface area contributed by atoms with Gasteiger partial charge in [-0.05, 0) is 24.6 Å². The maximum absolute atomic E-state index is 12.0. The summed E-state index contributed by atoms with van der Waals surface area (Å²) in [7, 11) is 0. The number of aryl methyl sites for hydroxylation is 1. The number of carbonyl (C=O) groups is 1. The van der Waals surface area contributed by atoms with Gasteiger partial charge in [-0.3, -0.25) is 0 Å². The first-order valence-corrected chi connectivity index (χ1v) is 6.27. The molecule has 0 bridgehead atoms. The van der Waals surface area contributed by atoms with Crippen LogP contribution in [-0.4, -0.2) is 21.1 Å². The van der Waals surface area contributed by atoms with Crippen LogP contribution in [0.1, 0.15) is 11.1 Å². The number of carbonyl (C=O) groups excluding carboxylic acids is 1. The zero-order valence-corrected chi connectivity index (χ0v) is 11.0. The first kappa shape index (κ1) is 12.3. The molecule has 5 nitrogen and oxygen atoms in total. The van der Waals surface area contributed by atoms with E-state index >= 15 is 0 Å². The third-order valence-corrected chi connectivity index (χ3v) is 3.01. The molecule has 0 fully saturated rings. The molecular formula is C15H13N3O2. The van der Waals surface area contributed by atoms with Crippen LogP contribution in [0.15, 0.2) is 48.5 Å². The van der Waals surface area contributed by atoms with Crippen LogP contribution in [0, 0.1) is 6.92 Å². The van der Waals surface area contributed by atoms with Gasteiger partial charge in [-0.25, -0.2) is 4.79 Å². The number of nitrogens with zero attached hydrogens (tertiary/aromatic N) is 3. The molecule has 5 heteroatoms. The summed E-state index contributed by atoms with van der Waals surface area (Å²) in [5.74, 6) is 0. The quantitative estimate of drug-likeness (QED) is 0.716. The zero-order chi connectivity index (χ0) is 13.9. The molecule has 3 aromatic rings. The number of aromatic nitrogens is 3. The van der Waals surface area contributed by atoms with E-state index in [1.54, 1.807) is 12.1 Å². The smallest absolute Gasteiger partial charge is 0.437 e. The van der Waals surface area contributed by atoms with E-state index in [-0.39, 0.29) is 6.61 Å². The fourth-order valence-electron chi connectivity index (χ4n) is 1.89. The second-order valence-corrected chi connectivity index (χ2v) is 4.53. The van der Waals surface area contributed by atoms with Gasteiger partial charge in [0.2, 0.25) is 0 Å². The SMILES string of the molecule is Cc1ccc(COC(=O)n2nnc3ccccc32)cc1. The molecular weight excluding hydrogens is 254 g/mol. The van der Waals surface area contributed by atoms with Crippen LogP contribution in [0.2, 0.25) is 0 Å². The Labute approximate surface area is 115 Å². The molecule has 0 unspecified atom stereocenters. The highest BCUT2D eigenvalue weighted by Crippen LogP contribution is 2.11. The second kappa shape index (κ2) is 5.13. The van der Waals surface area contributed by atoms with Gasteiger partial charge in [-0.1, -0.05) is 47.2 Å². The fourth-order valence-corrected chi connectivity index (χ4v) is 1.89. The molecule has 0 radical (unpaired) electrons. The normalized spacial score (nSPS) is 10.7. The number of para-hydroxylation sites is 1. The van der Waals surface area contributed by atoms with E-state index < -0.39 is 6.09 Å². The lowest BCUT2D eigenvalue weighted by molar-refractivity contribution is 0.138. The van der Waals surface area contributed by atoms with Crippen molar-refractivity contribution < 1.29 is 9.53 Å². The van der Waals surface area contributed by atoms with E-state index in [0.29, 0.717) is 11.0 Å². The predicted molar refractivity (Wildman–Crippen MR) is 74.3 cm³/mol. The maximum atomic E-state index is 12.0. The van der Waals surface area contributed by atoms with Crippen molar-refractivity contribution in [3.63, 3.8) is 0 Å². The molecule has 0 aliphatic heterocycles. The molecule has 0 amide bonds. The topological polar surface area (TPSA) is 57.0 Å². The van der Waals surface area contributed by atoms with Gasteiger partial charge >= 0.3 is 6.09 Å². The van der Waals surface area contributed by atoms with E-state index in [9.17, 15) is 4.79 Å². The van der Waals surface area contributed by atoms with Crippen molar-refractivity contribution in [1.29, 1.82) is 0 Å². The Balaban J connectivity index is 1.75. The van der Waals surface area contributed by atoms with Crippen molar-refractivity contribution in [2.75, 3.05) is 0 Å². The molecule has 1 heterocycles. The third kappa shape index (κ3) is 2.38. The van der Waals surface area contributed by atoms with Crippen LogP contribution in [0.5, 0.6) is 0 Å². The van der Waals surface area contributed by atoms with Crippen LogP contribution in [0.3, 0.4) is 0 Å². The average molecular weight is 267 g/mol. The third-order valence-electron chi connectivity index (χ3n) is 3.01. The summed E-state index contributed by atoms with van der Waals surface area (Å²) < 4.78 is 6.41. The number of hydrogen-bond donors (Lipinski definition) is 0. The summed E-state index contributed by atoms with van der Waals surface area (Å²) in [4.78, 5) is 12.0. The summed E-state index contributed by atoms with van der Waals surface area (Å²) in [5.41, 5.74) is 3.41. The molecule has 20 heavy (non-hydrogen) atoms. The summed E-state index contributed by atoms with van der Waals surface area (Å²) in [6.45, 7) is 2.23. The lowest BCUT2D eigenvalue weighted by atomic mass is 10.2. The van der Waals surface area contributed by atoms with Crippen molar-refractivity contribution in [2.24, 2.45) is 0 Å². The van der Waals surface area contributed by atoms with Gasteiger partial charge in [0.15, 0.2) is 0 Å². The Morgan fingerprint density at radius 1 is 1.15 bits per heavy atom. The lowest BCUT2D eigenvalue weighted by Crippen LogP contribution is -2.15. The van der Waals surface area contributed by atoms with Gasteiger partial charge in [0.1, 0.15) is 17.6 Å². The van der Waals surface area contributed by atoms with Crippen LogP contribution in [-0.2, 0) is 11.3 Å². The van der Waals surface area contributed by atoms with Crippen LogP contribution < -0.4 is 0 Å².